The molecule has 1 heterocycles. The van der Waals surface area contributed by atoms with Crippen molar-refractivity contribution in [3.8, 4) is 6.07 Å². The van der Waals surface area contributed by atoms with Gasteiger partial charge in [0.05, 0.1) is 0 Å². The maximum atomic E-state index is 8.56. The highest BCUT2D eigenvalue weighted by atomic mass is 32.1. The van der Waals surface area contributed by atoms with E-state index in [9.17, 15) is 0 Å². The van der Waals surface area contributed by atoms with Crippen LogP contribution in [0.1, 0.15) is 22.9 Å². The normalized spacial score (nSPS) is 12.0. The molecule has 0 bridgehead atoms. The second kappa shape index (κ2) is 4.05. The largest absolute Gasteiger partial charge is 0.324 e. The van der Waals surface area contributed by atoms with Gasteiger partial charge >= 0.3 is 0 Å². The summed E-state index contributed by atoms with van der Waals surface area (Å²) in [5.74, 6) is 0. The Kier molecular flexibility index (Phi) is 3.03. The lowest BCUT2D eigenvalue weighted by atomic mass is 10.1. The molecule has 0 aliphatic carbocycles. The lowest BCUT2D eigenvalue weighted by molar-refractivity contribution is 0.745. The Labute approximate surface area is 75.9 Å². The molecule has 0 saturated carbocycles. The van der Waals surface area contributed by atoms with Crippen LogP contribution in [-0.2, 0) is 0 Å². The first-order valence-electron chi connectivity index (χ1n) is 3.63. The van der Waals surface area contributed by atoms with Crippen LogP contribution >= 0.6 is 11.3 Å². The highest BCUT2D eigenvalue weighted by Crippen LogP contribution is 2.20. The summed E-state index contributed by atoms with van der Waals surface area (Å²) in [7, 11) is 0. The van der Waals surface area contributed by atoms with Gasteiger partial charge in [0.15, 0.2) is 0 Å². The summed E-state index contributed by atoms with van der Waals surface area (Å²) in [5.41, 5.74) is 6.82. The van der Waals surface area contributed by atoms with E-state index in [0.29, 0.717) is 4.88 Å². The van der Waals surface area contributed by atoms with E-state index in [1.165, 1.54) is 11.3 Å². The van der Waals surface area contributed by atoms with Crippen molar-refractivity contribution in [2.45, 2.75) is 12.5 Å². The Morgan fingerprint density at radius 1 is 1.83 bits per heavy atom. The molecule has 1 aromatic rings. The Hall–Kier alpha value is -1.11. The zero-order chi connectivity index (χ0) is 8.97. The summed E-state index contributed by atoms with van der Waals surface area (Å²) >= 11 is 1.43. The SMILES string of the molecule is C=CC[C@H](N)c1csc(C#N)c1. The van der Waals surface area contributed by atoms with Crippen molar-refractivity contribution in [2.75, 3.05) is 0 Å². The van der Waals surface area contributed by atoms with Crippen LogP contribution in [0.15, 0.2) is 24.1 Å². The van der Waals surface area contributed by atoms with Crippen LogP contribution < -0.4 is 5.73 Å². The van der Waals surface area contributed by atoms with Crippen LogP contribution in [0.4, 0.5) is 0 Å². The Balaban J connectivity index is 2.75. The Bertz CT molecular complexity index is 309. The highest BCUT2D eigenvalue weighted by molar-refractivity contribution is 7.10. The summed E-state index contributed by atoms with van der Waals surface area (Å²) in [6.07, 6.45) is 2.54. The third-order valence-electron chi connectivity index (χ3n) is 1.58. The summed E-state index contributed by atoms with van der Waals surface area (Å²) < 4.78 is 0. The fourth-order valence-corrected chi connectivity index (χ4v) is 1.68. The minimum atomic E-state index is -0.0131. The second-order valence-electron chi connectivity index (χ2n) is 2.49. The highest BCUT2D eigenvalue weighted by Gasteiger charge is 2.05. The minimum absolute atomic E-state index is 0.0131. The maximum Gasteiger partial charge on any atom is 0.110 e. The van der Waals surface area contributed by atoms with Gasteiger partial charge in [0.2, 0.25) is 0 Å². The van der Waals surface area contributed by atoms with Crippen molar-refractivity contribution in [2.24, 2.45) is 5.73 Å². The van der Waals surface area contributed by atoms with E-state index in [1.807, 2.05) is 11.4 Å². The lowest BCUT2D eigenvalue weighted by Gasteiger charge is -2.04. The van der Waals surface area contributed by atoms with E-state index in [4.69, 9.17) is 11.0 Å². The van der Waals surface area contributed by atoms with Crippen LogP contribution in [0.25, 0.3) is 0 Å². The Morgan fingerprint density at radius 2 is 2.58 bits per heavy atom. The average molecular weight is 178 g/mol. The van der Waals surface area contributed by atoms with Gasteiger partial charge in [0, 0.05) is 6.04 Å². The molecule has 0 aromatic carbocycles. The molecule has 1 rings (SSSR count). The first kappa shape index (κ1) is 8.98. The number of hydrogen-bond acceptors (Lipinski definition) is 3. The Morgan fingerprint density at radius 3 is 3.08 bits per heavy atom. The molecule has 1 atom stereocenters. The molecule has 0 aliphatic rings. The fraction of sp³-hybridized carbons (Fsp3) is 0.222. The van der Waals surface area contributed by atoms with Crippen molar-refractivity contribution in [3.05, 3.63) is 34.5 Å². The van der Waals surface area contributed by atoms with Gasteiger partial charge in [0.25, 0.3) is 0 Å². The van der Waals surface area contributed by atoms with Crippen molar-refractivity contribution >= 4 is 11.3 Å². The van der Waals surface area contributed by atoms with E-state index in [-0.39, 0.29) is 6.04 Å². The third-order valence-corrected chi connectivity index (χ3v) is 2.43. The lowest BCUT2D eigenvalue weighted by Crippen LogP contribution is -2.07. The van der Waals surface area contributed by atoms with Crippen LogP contribution in [0, 0.1) is 11.3 Å². The van der Waals surface area contributed by atoms with Gasteiger partial charge in [-0.05, 0) is 23.4 Å². The average Bonchev–Trinajstić information content (AvgIpc) is 2.52. The molecule has 0 fully saturated rings. The number of nitriles is 1. The molecule has 0 amide bonds. The predicted octanol–water partition coefficient (Wildman–Crippen LogP) is 2.20. The number of hydrogen-bond donors (Lipinski definition) is 1. The first-order chi connectivity index (χ1) is 5.77. The number of thiophene rings is 1. The van der Waals surface area contributed by atoms with Gasteiger partial charge in [-0.25, -0.2) is 0 Å². The van der Waals surface area contributed by atoms with E-state index >= 15 is 0 Å². The number of nitrogens with zero attached hydrogens (tertiary/aromatic N) is 1. The van der Waals surface area contributed by atoms with Gasteiger partial charge in [-0.15, -0.1) is 17.9 Å². The standard InChI is InChI=1S/C9H10N2S/c1-2-3-9(11)7-4-8(5-10)12-6-7/h2,4,6,9H,1,3,11H2/t9-/m0/s1. The second-order valence-corrected chi connectivity index (χ2v) is 3.40. The van der Waals surface area contributed by atoms with E-state index in [0.717, 1.165) is 12.0 Å². The summed E-state index contributed by atoms with van der Waals surface area (Å²) in [5, 5.41) is 10.5. The zero-order valence-electron chi connectivity index (χ0n) is 6.66. The van der Waals surface area contributed by atoms with Crippen LogP contribution in [-0.4, -0.2) is 0 Å². The summed E-state index contributed by atoms with van der Waals surface area (Å²) in [6, 6.07) is 3.90. The molecule has 62 valence electrons. The quantitative estimate of drug-likeness (QED) is 0.721. The molecule has 2 nitrogen and oxygen atoms in total. The van der Waals surface area contributed by atoms with Crippen molar-refractivity contribution < 1.29 is 0 Å². The smallest absolute Gasteiger partial charge is 0.110 e. The molecule has 0 spiro atoms. The molecule has 1 aromatic heterocycles. The maximum absolute atomic E-state index is 8.56. The van der Waals surface area contributed by atoms with E-state index in [1.54, 1.807) is 6.08 Å². The molecule has 0 radical (unpaired) electrons. The van der Waals surface area contributed by atoms with Crippen molar-refractivity contribution in [1.82, 2.24) is 0 Å². The van der Waals surface area contributed by atoms with Gasteiger partial charge in [-0.3, -0.25) is 0 Å². The number of nitrogens with two attached hydrogens (primary N) is 1. The molecule has 12 heavy (non-hydrogen) atoms. The van der Waals surface area contributed by atoms with Crippen molar-refractivity contribution in [3.63, 3.8) is 0 Å². The first-order valence-corrected chi connectivity index (χ1v) is 4.51. The molecule has 0 unspecified atom stereocenters. The van der Waals surface area contributed by atoms with Gasteiger partial charge < -0.3 is 5.73 Å². The van der Waals surface area contributed by atoms with Gasteiger partial charge in [-0.1, -0.05) is 6.08 Å². The predicted molar refractivity (Wildman–Crippen MR) is 50.8 cm³/mol. The topological polar surface area (TPSA) is 49.8 Å². The molecule has 0 saturated heterocycles. The molecular weight excluding hydrogens is 168 g/mol. The minimum Gasteiger partial charge on any atom is -0.324 e. The summed E-state index contributed by atoms with van der Waals surface area (Å²) in [4.78, 5) is 0.713. The van der Waals surface area contributed by atoms with Gasteiger partial charge in [-0.2, -0.15) is 5.26 Å². The fourth-order valence-electron chi connectivity index (χ4n) is 0.920. The van der Waals surface area contributed by atoms with Crippen molar-refractivity contribution in [1.29, 1.82) is 5.26 Å². The molecular formula is C9H10N2S. The molecule has 2 N–H and O–H groups in total. The van der Waals surface area contributed by atoms with Crippen LogP contribution in [0.5, 0.6) is 0 Å². The van der Waals surface area contributed by atoms with Gasteiger partial charge in [0.1, 0.15) is 10.9 Å². The third kappa shape index (κ3) is 1.94. The van der Waals surface area contributed by atoms with E-state index < -0.39 is 0 Å². The zero-order valence-corrected chi connectivity index (χ0v) is 7.47. The molecule has 3 heteroatoms. The molecule has 0 aliphatic heterocycles. The number of rotatable bonds is 3. The summed E-state index contributed by atoms with van der Waals surface area (Å²) in [6.45, 7) is 3.61. The monoisotopic (exact) mass is 178 g/mol. The van der Waals surface area contributed by atoms with Crippen LogP contribution in [0.2, 0.25) is 0 Å². The van der Waals surface area contributed by atoms with Crippen LogP contribution in [0.3, 0.4) is 0 Å². The van der Waals surface area contributed by atoms with E-state index in [2.05, 4.69) is 12.6 Å².